The van der Waals surface area contributed by atoms with Crippen LogP contribution in [0.25, 0.3) is 5.65 Å². The molecule has 0 bridgehead atoms. The molecule has 2 aromatic heterocycles. The molecule has 0 amide bonds. The largest absolute Gasteiger partial charge is 0.363 e. The topological polar surface area (TPSA) is 58.4 Å². The molecule has 1 unspecified atom stereocenters. The highest BCUT2D eigenvalue weighted by Crippen LogP contribution is 2.16. The van der Waals surface area contributed by atoms with Crippen molar-refractivity contribution in [2.24, 2.45) is 5.92 Å². The molecule has 6 heteroatoms. The zero-order valence-electron chi connectivity index (χ0n) is 13.0. The van der Waals surface area contributed by atoms with Crippen molar-refractivity contribution in [3.05, 3.63) is 18.2 Å². The van der Waals surface area contributed by atoms with Crippen molar-refractivity contribution in [1.82, 2.24) is 24.5 Å². The van der Waals surface area contributed by atoms with Gasteiger partial charge < -0.3 is 10.2 Å². The molecule has 0 aliphatic rings. The number of anilines is 1. The first-order chi connectivity index (χ1) is 9.47. The average Bonchev–Trinajstić information content (AvgIpc) is 2.71. The molecule has 2 rings (SSSR count). The molecule has 110 valence electrons. The van der Waals surface area contributed by atoms with Gasteiger partial charge in [0.1, 0.15) is 5.82 Å². The predicted molar refractivity (Wildman–Crippen MR) is 80.9 cm³/mol. The summed E-state index contributed by atoms with van der Waals surface area (Å²) in [6.45, 7) is 7.38. The quantitative estimate of drug-likeness (QED) is 0.872. The first-order valence-electron chi connectivity index (χ1n) is 7.05. The van der Waals surface area contributed by atoms with Crippen LogP contribution in [0, 0.1) is 12.8 Å². The van der Waals surface area contributed by atoms with Crippen LogP contribution in [-0.4, -0.2) is 51.2 Å². The second-order valence-corrected chi connectivity index (χ2v) is 5.95. The number of aromatic nitrogens is 4. The fraction of sp³-hybridized carbons (Fsp3) is 0.643. The van der Waals surface area contributed by atoms with Crippen LogP contribution in [0.1, 0.15) is 26.1 Å². The second-order valence-electron chi connectivity index (χ2n) is 5.95. The zero-order valence-corrected chi connectivity index (χ0v) is 13.0. The molecule has 0 aliphatic heterocycles. The van der Waals surface area contributed by atoms with Crippen LogP contribution in [0.5, 0.6) is 0 Å². The van der Waals surface area contributed by atoms with Crippen molar-refractivity contribution < 1.29 is 0 Å². The van der Waals surface area contributed by atoms with Gasteiger partial charge in [0.05, 0.1) is 0 Å². The van der Waals surface area contributed by atoms with Crippen molar-refractivity contribution in [3.8, 4) is 0 Å². The number of rotatable bonds is 6. The van der Waals surface area contributed by atoms with Crippen molar-refractivity contribution in [3.63, 3.8) is 0 Å². The van der Waals surface area contributed by atoms with Gasteiger partial charge in [0.25, 0.3) is 0 Å². The van der Waals surface area contributed by atoms with Gasteiger partial charge in [0.2, 0.25) is 5.65 Å². The molecule has 2 heterocycles. The highest BCUT2D eigenvalue weighted by Gasteiger charge is 2.15. The molecule has 2 aromatic rings. The summed E-state index contributed by atoms with van der Waals surface area (Å²) in [7, 11) is 4.18. The number of likely N-dealkylation sites (N-methyl/N-ethyl adjacent to an activating group) is 1. The van der Waals surface area contributed by atoms with Gasteiger partial charge in [-0.15, -0.1) is 10.2 Å². The third kappa shape index (κ3) is 3.45. The van der Waals surface area contributed by atoms with E-state index < -0.39 is 0 Å². The van der Waals surface area contributed by atoms with Crippen LogP contribution < -0.4 is 5.32 Å². The van der Waals surface area contributed by atoms with Gasteiger partial charge in [0, 0.05) is 25.0 Å². The Morgan fingerprint density at radius 1 is 1.30 bits per heavy atom. The number of aryl methyl sites for hydroxylation is 1. The maximum atomic E-state index is 4.42. The summed E-state index contributed by atoms with van der Waals surface area (Å²) in [5, 5.41) is 11.8. The highest BCUT2D eigenvalue weighted by atomic mass is 15.3. The summed E-state index contributed by atoms with van der Waals surface area (Å²) in [5.74, 6) is 2.31. The van der Waals surface area contributed by atoms with E-state index in [-0.39, 0.29) is 0 Å². The maximum absolute atomic E-state index is 4.42. The molecule has 0 fully saturated rings. The lowest BCUT2D eigenvalue weighted by Gasteiger charge is -2.24. The Morgan fingerprint density at radius 3 is 2.70 bits per heavy atom. The van der Waals surface area contributed by atoms with Crippen molar-refractivity contribution in [1.29, 1.82) is 0 Å². The van der Waals surface area contributed by atoms with Crippen molar-refractivity contribution in [2.75, 3.05) is 26.0 Å². The summed E-state index contributed by atoms with van der Waals surface area (Å²) in [5.41, 5.74) is 0.789. The van der Waals surface area contributed by atoms with Gasteiger partial charge in [-0.25, -0.2) is 4.98 Å². The Labute approximate surface area is 120 Å². The van der Waals surface area contributed by atoms with Gasteiger partial charge in [-0.3, -0.25) is 4.40 Å². The van der Waals surface area contributed by atoms with Gasteiger partial charge in [-0.2, -0.15) is 0 Å². The fourth-order valence-corrected chi connectivity index (χ4v) is 2.43. The first-order valence-corrected chi connectivity index (χ1v) is 7.05. The summed E-state index contributed by atoms with van der Waals surface area (Å²) in [4.78, 5) is 6.61. The van der Waals surface area contributed by atoms with E-state index in [2.05, 4.69) is 53.3 Å². The lowest BCUT2D eigenvalue weighted by atomic mass is 10.0. The number of hydrogen-bond acceptors (Lipinski definition) is 5. The minimum absolute atomic E-state index is 0.348. The SMILES string of the molecule is Cc1nnc2c(NC(CC(C)C)CN(C)C)nccn12. The number of nitrogens with zero attached hydrogens (tertiary/aromatic N) is 5. The van der Waals surface area contributed by atoms with Gasteiger partial charge in [-0.05, 0) is 33.4 Å². The smallest absolute Gasteiger partial charge is 0.203 e. The van der Waals surface area contributed by atoms with Crippen molar-refractivity contribution in [2.45, 2.75) is 33.2 Å². The molecule has 20 heavy (non-hydrogen) atoms. The monoisotopic (exact) mass is 276 g/mol. The number of nitrogens with one attached hydrogen (secondary N) is 1. The molecular formula is C14H24N6. The number of hydrogen-bond donors (Lipinski definition) is 1. The lowest BCUT2D eigenvalue weighted by Crippen LogP contribution is -2.34. The van der Waals surface area contributed by atoms with Gasteiger partial charge >= 0.3 is 0 Å². The molecule has 0 spiro atoms. The van der Waals surface area contributed by atoms with E-state index in [1.54, 1.807) is 6.20 Å². The van der Waals surface area contributed by atoms with Crippen LogP contribution in [0.4, 0.5) is 5.82 Å². The minimum atomic E-state index is 0.348. The fourth-order valence-electron chi connectivity index (χ4n) is 2.43. The van der Waals surface area contributed by atoms with Crippen molar-refractivity contribution >= 4 is 11.5 Å². The second kappa shape index (κ2) is 6.17. The van der Waals surface area contributed by atoms with E-state index in [0.717, 1.165) is 30.3 Å². The van der Waals surface area contributed by atoms with Crippen LogP contribution in [0.3, 0.4) is 0 Å². The third-order valence-corrected chi connectivity index (χ3v) is 3.18. The lowest BCUT2D eigenvalue weighted by molar-refractivity contribution is 0.356. The predicted octanol–water partition coefficient (Wildman–Crippen LogP) is 1.82. The molecule has 0 saturated heterocycles. The normalized spacial score (nSPS) is 13.3. The Kier molecular flexibility index (Phi) is 4.54. The third-order valence-electron chi connectivity index (χ3n) is 3.18. The van der Waals surface area contributed by atoms with Crippen LogP contribution in [-0.2, 0) is 0 Å². The summed E-state index contributed by atoms with van der Waals surface area (Å²) >= 11 is 0. The molecule has 0 aliphatic carbocycles. The Hall–Kier alpha value is -1.69. The maximum Gasteiger partial charge on any atom is 0.203 e. The molecule has 0 saturated carbocycles. The van der Waals surface area contributed by atoms with Crippen LogP contribution >= 0.6 is 0 Å². The molecular weight excluding hydrogens is 252 g/mol. The first kappa shape index (κ1) is 14.7. The summed E-state index contributed by atoms with van der Waals surface area (Å²) in [6.07, 6.45) is 4.76. The molecule has 1 N–H and O–H groups in total. The Balaban J connectivity index is 2.23. The average molecular weight is 276 g/mol. The van der Waals surface area contributed by atoms with Crippen LogP contribution in [0.15, 0.2) is 12.4 Å². The van der Waals surface area contributed by atoms with E-state index in [4.69, 9.17) is 0 Å². The van der Waals surface area contributed by atoms with E-state index in [0.29, 0.717) is 12.0 Å². The van der Waals surface area contributed by atoms with E-state index >= 15 is 0 Å². The molecule has 1 atom stereocenters. The standard InChI is InChI=1S/C14H24N6/c1-10(2)8-12(9-19(4)5)16-13-14-18-17-11(3)20(14)7-6-15-13/h6-7,10,12H,8-9H2,1-5H3,(H,15,16). The van der Waals surface area contributed by atoms with E-state index in [9.17, 15) is 0 Å². The number of fused-ring (bicyclic) bond motifs is 1. The Bertz CT molecular complexity index is 550. The Morgan fingerprint density at radius 2 is 2.05 bits per heavy atom. The van der Waals surface area contributed by atoms with Crippen LogP contribution in [0.2, 0.25) is 0 Å². The van der Waals surface area contributed by atoms with Gasteiger partial charge in [-0.1, -0.05) is 13.8 Å². The molecule has 6 nitrogen and oxygen atoms in total. The van der Waals surface area contributed by atoms with E-state index in [1.165, 1.54) is 0 Å². The summed E-state index contributed by atoms with van der Waals surface area (Å²) in [6, 6.07) is 0.348. The minimum Gasteiger partial charge on any atom is -0.363 e. The zero-order chi connectivity index (χ0) is 14.7. The molecule has 0 aromatic carbocycles. The van der Waals surface area contributed by atoms with E-state index in [1.807, 2.05) is 17.5 Å². The van der Waals surface area contributed by atoms with Gasteiger partial charge in [0.15, 0.2) is 5.82 Å². The summed E-state index contributed by atoms with van der Waals surface area (Å²) < 4.78 is 1.96. The molecule has 0 radical (unpaired) electrons. The highest BCUT2D eigenvalue weighted by molar-refractivity contribution is 5.62.